The first-order valence-corrected chi connectivity index (χ1v) is 11.8. The number of alkyl halides is 6. The fraction of sp³-hybridized carbons (Fsp3) is 0.565. The van der Waals surface area contributed by atoms with Crippen molar-refractivity contribution in [2.45, 2.75) is 30.9 Å². The zero-order chi connectivity index (χ0) is 30.0. The van der Waals surface area contributed by atoms with Gasteiger partial charge in [-0.2, -0.15) is 26.3 Å². The topological polar surface area (TPSA) is 139 Å². The average Bonchev–Trinajstić information content (AvgIpc) is 3.40. The van der Waals surface area contributed by atoms with E-state index >= 15 is 0 Å². The van der Waals surface area contributed by atoms with Crippen LogP contribution in [0.4, 0.5) is 32.2 Å². The number of carboxylic acid groups (broad SMARTS) is 2. The molecule has 2 unspecified atom stereocenters. The lowest BCUT2D eigenvalue weighted by atomic mass is 9.94. The van der Waals surface area contributed by atoms with Crippen LogP contribution >= 0.6 is 0 Å². The Balaban J connectivity index is 0.000000333. The summed E-state index contributed by atoms with van der Waals surface area (Å²) in [4.78, 5) is 29.0. The van der Waals surface area contributed by atoms with E-state index in [1.807, 2.05) is 43.8 Å². The number of carboxylic acids is 2. The van der Waals surface area contributed by atoms with Crippen molar-refractivity contribution in [3.8, 4) is 0 Å². The Morgan fingerprint density at radius 1 is 1.10 bits per heavy atom. The number of hydrogen-bond donors (Lipinski definition) is 3. The van der Waals surface area contributed by atoms with Crippen molar-refractivity contribution in [3.63, 3.8) is 0 Å². The van der Waals surface area contributed by atoms with Crippen LogP contribution in [0.15, 0.2) is 36.8 Å². The molecule has 17 heteroatoms. The zero-order valence-electron chi connectivity index (χ0n) is 21.3. The van der Waals surface area contributed by atoms with Gasteiger partial charge in [-0.3, -0.25) is 4.90 Å². The van der Waals surface area contributed by atoms with E-state index in [-0.39, 0.29) is 5.60 Å². The standard InChI is InChI=1S/C19H27N5O2.2C2HF3O2/c1-23-7-6-21-18(23)12-24-8-9-25-15-19(14-24)10-16(13-26-19)11-22-17-4-2-3-5-20-17;2*3-2(4,5)1(6)7/h2-7,16H,8-15H2,1H3,(H,20,22);2*(H,6,7). The number of aliphatic carboxylic acids is 2. The minimum Gasteiger partial charge on any atom is -0.475 e. The number of aryl methyl sites for hydroxylation is 1. The van der Waals surface area contributed by atoms with Crippen molar-refractivity contribution in [1.82, 2.24) is 19.4 Å². The molecule has 4 heterocycles. The van der Waals surface area contributed by atoms with Gasteiger partial charge in [0.15, 0.2) is 0 Å². The third-order valence-corrected chi connectivity index (χ3v) is 5.72. The Morgan fingerprint density at radius 3 is 2.27 bits per heavy atom. The molecule has 0 bridgehead atoms. The fourth-order valence-electron chi connectivity index (χ4n) is 3.86. The Morgan fingerprint density at radius 2 is 1.75 bits per heavy atom. The molecule has 1 spiro atoms. The van der Waals surface area contributed by atoms with Crippen molar-refractivity contribution in [2.24, 2.45) is 13.0 Å². The van der Waals surface area contributed by atoms with Crippen molar-refractivity contribution in [3.05, 3.63) is 42.6 Å². The summed E-state index contributed by atoms with van der Waals surface area (Å²) in [6, 6.07) is 5.92. The molecule has 0 radical (unpaired) electrons. The number of halogens is 6. The molecule has 0 aromatic carbocycles. The second-order valence-electron chi connectivity index (χ2n) is 8.98. The van der Waals surface area contributed by atoms with Gasteiger partial charge in [0.05, 0.1) is 26.4 Å². The van der Waals surface area contributed by atoms with E-state index in [1.165, 1.54) is 0 Å². The lowest BCUT2D eigenvalue weighted by Crippen LogP contribution is -2.44. The maximum Gasteiger partial charge on any atom is 0.490 e. The van der Waals surface area contributed by atoms with Gasteiger partial charge >= 0.3 is 24.3 Å². The van der Waals surface area contributed by atoms with E-state index in [4.69, 9.17) is 29.3 Å². The second-order valence-corrected chi connectivity index (χ2v) is 8.98. The van der Waals surface area contributed by atoms with Crippen LogP contribution in [-0.2, 0) is 32.7 Å². The molecule has 40 heavy (non-hydrogen) atoms. The van der Waals surface area contributed by atoms with E-state index in [1.54, 1.807) is 0 Å². The summed E-state index contributed by atoms with van der Waals surface area (Å²) in [5, 5.41) is 17.7. The largest absolute Gasteiger partial charge is 0.490 e. The predicted octanol–water partition coefficient (Wildman–Crippen LogP) is 2.80. The molecule has 2 fully saturated rings. The van der Waals surface area contributed by atoms with Gasteiger partial charge in [-0.25, -0.2) is 19.6 Å². The van der Waals surface area contributed by atoms with Crippen LogP contribution in [0.1, 0.15) is 12.2 Å². The number of carbonyl (C=O) groups is 2. The number of nitrogens with zero attached hydrogens (tertiary/aromatic N) is 4. The molecular weight excluding hydrogens is 556 g/mol. The van der Waals surface area contributed by atoms with Crippen LogP contribution in [0, 0.1) is 5.92 Å². The average molecular weight is 586 g/mol. The van der Waals surface area contributed by atoms with E-state index in [2.05, 4.69) is 24.8 Å². The molecule has 3 N–H and O–H groups in total. The highest BCUT2D eigenvalue weighted by atomic mass is 19.4. The molecule has 0 aliphatic carbocycles. The van der Waals surface area contributed by atoms with E-state index in [9.17, 15) is 26.3 Å². The molecular formula is C23H29F6N5O6. The first-order valence-electron chi connectivity index (χ1n) is 11.8. The summed E-state index contributed by atoms with van der Waals surface area (Å²) in [5.41, 5.74) is -0.210. The van der Waals surface area contributed by atoms with Crippen LogP contribution in [0.25, 0.3) is 0 Å². The van der Waals surface area contributed by atoms with E-state index in [0.29, 0.717) is 12.5 Å². The summed E-state index contributed by atoms with van der Waals surface area (Å²) in [6.07, 6.45) is -3.51. The van der Waals surface area contributed by atoms with Crippen molar-refractivity contribution in [2.75, 3.05) is 44.8 Å². The molecule has 2 aromatic heterocycles. The number of imidazole rings is 1. The lowest BCUT2D eigenvalue weighted by Gasteiger charge is -2.31. The summed E-state index contributed by atoms with van der Waals surface area (Å²) in [5.74, 6) is -3.05. The van der Waals surface area contributed by atoms with Gasteiger partial charge in [-0.15, -0.1) is 0 Å². The van der Waals surface area contributed by atoms with Gasteiger partial charge in [0.2, 0.25) is 0 Å². The van der Waals surface area contributed by atoms with Gasteiger partial charge in [0.1, 0.15) is 17.2 Å². The van der Waals surface area contributed by atoms with Crippen molar-refractivity contribution < 1.29 is 55.6 Å². The van der Waals surface area contributed by atoms with Crippen LogP contribution in [0.3, 0.4) is 0 Å². The maximum atomic E-state index is 10.6. The van der Waals surface area contributed by atoms with Crippen LogP contribution in [-0.4, -0.2) is 99.0 Å². The van der Waals surface area contributed by atoms with Crippen molar-refractivity contribution >= 4 is 17.8 Å². The number of hydrogen-bond acceptors (Lipinski definition) is 8. The van der Waals surface area contributed by atoms with Crippen molar-refractivity contribution in [1.29, 1.82) is 0 Å². The van der Waals surface area contributed by atoms with Gasteiger partial charge < -0.3 is 29.6 Å². The molecule has 4 rings (SSSR count). The summed E-state index contributed by atoms with van der Waals surface area (Å²) < 4.78 is 77.7. The lowest BCUT2D eigenvalue weighted by molar-refractivity contribution is -0.193. The van der Waals surface area contributed by atoms with Gasteiger partial charge in [0.25, 0.3) is 0 Å². The third-order valence-electron chi connectivity index (χ3n) is 5.72. The Bertz CT molecular complexity index is 1060. The number of rotatable bonds is 5. The molecule has 2 aliphatic heterocycles. The molecule has 2 saturated heterocycles. The van der Waals surface area contributed by atoms with E-state index in [0.717, 1.165) is 57.5 Å². The quantitative estimate of drug-likeness (QED) is 0.449. The normalized spacial score (nSPS) is 21.4. The number of ether oxygens (including phenoxy) is 2. The number of nitrogens with one attached hydrogen (secondary N) is 1. The Kier molecular flexibility index (Phi) is 11.7. The monoisotopic (exact) mass is 585 g/mol. The summed E-state index contributed by atoms with van der Waals surface area (Å²) in [6.45, 7) is 5.68. The fourth-order valence-corrected chi connectivity index (χ4v) is 3.86. The molecule has 2 aromatic rings. The maximum absolute atomic E-state index is 10.6. The third kappa shape index (κ3) is 11.0. The molecule has 11 nitrogen and oxygen atoms in total. The summed E-state index contributed by atoms with van der Waals surface area (Å²) in [7, 11) is 2.04. The number of pyridine rings is 1. The highest BCUT2D eigenvalue weighted by Gasteiger charge is 2.43. The Hall–Kier alpha value is -3.44. The van der Waals surface area contributed by atoms with Gasteiger partial charge in [-0.1, -0.05) is 6.07 Å². The highest BCUT2D eigenvalue weighted by Crippen LogP contribution is 2.33. The first-order chi connectivity index (χ1) is 18.6. The van der Waals surface area contributed by atoms with Gasteiger partial charge in [0, 0.05) is 51.2 Å². The zero-order valence-corrected chi connectivity index (χ0v) is 21.3. The number of aromatic nitrogens is 3. The predicted molar refractivity (Wildman–Crippen MR) is 126 cm³/mol. The first kappa shape index (κ1) is 32.8. The number of anilines is 1. The molecule has 0 saturated carbocycles. The highest BCUT2D eigenvalue weighted by molar-refractivity contribution is 5.73. The van der Waals surface area contributed by atoms with Crippen LogP contribution in [0.5, 0.6) is 0 Å². The molecule has 0 amide bonds. The van der Waals surface area contributed by atoms with Crippen LogP contribution < -0.4 is 5.32 Å². The molecule has 2 atom stereocenters. The Labute approximate surface area is 224 Å². The minimum atomic E-state index is -5.08. The SMILES string of the molecule is Cn1ccnc1CN1CCOCC2(CC(CNc3ccccn3)CO2)C1.O=C(O)C(F)(F)F.O=C(O)C(F)(F)F. The smallest absolute Gasteiger partial charge is 0.475 e. The van der Waals surface area contributed by atoms with Gasteiger partial charge in [-0.05, 0) is 18.6 Å². The second kappa shape index (κ2) is 14.3. The molecule has 224 valence electrons. The molecule has 2 aliphatic rings. The van der Waals surface area contributed by atoms with E-state index < -0.39 is 24.3 Å². The minimum absolute atomic E-state index is 0.210. The van der Waals surface area contributed by atoms with Crippen LogP contribution in [0.2, 0.25) is 0 Å². The summed E-state index contributed by atoms with van der Waals surface area (Å²) >= 11 is 0.